The molecular weight excluding hydrogens is 435 g/mol. The minimum Gasteiger partial charge on any atom is -0.394 e. The van der Waals surface area contributed by atoms with Gasteiger partial charge in [0.1, 0.15) is 20.4 Å². The summed E-state index contributed by atoms with van der Waals surface area (Å²) in [5.74, 6) is -0.718. The van der Waals surface area contributed by atoms with Gasteiger partial charge in [0, 0.05) is 6.42 Å². The molecule has 0 aromatic heterocycles. The molecule has 0 saturated carbocycles. The number of carbonyl (C=O) groups excluding carboxylic acids is 2. The molecule has 2 saturated heterocycles. The summed E-state index contributed by atoms with van der Waals surface area (Å²) in [5, 5.41) is 16.7. The lowest BCUT2D eigenvalue weighted by atomic mass is 10.1. The van der Waals surface area contributed by atoms with Crippen LogP contribution in [0, 0.1) is 0 Å². The molecule has 0 aromatic rings. The van der Waals surface area contributed by atoms with E-state index in [0.29, 0.717) is 0 Å². The summed E-state index contributed by atoms with van der Waals surface area (Å²) in [6.07, 6.45) is -2.61. The Kier molecular flexibility index (Phi) is 6.73. The number of aliphatic hydroxyl groups excluding tert-OH is 2. The van der Waals surface area contributed by atoms with Crippen LogP contribution in [0.3, 0.4) is 0 Å². The predicted molar refractivity (Wildman–Crippen MR) is 124 cm³/mol. The number of ether oxygens (including phenoxy) is 1. The molecule has 4 atom stereocenters. The van der Waals surface area contributed by atoms with Crippen LogP contribution in [0.1, 0.15) is 48.0 Å². The number of nitrogens with zero attached hydrogens (tertiary/aromatic N) is 2. The number of hydrogen-bond acceptors (Lipinski definition) is 5. The SMILES string of the molecule is CC(C)(C)[Si](C)(C)N1C(=O)N([C@H]2C[C@H](O)[C@@H](CO)O2)CC(F)([Si](C)(C)C(C)(C)C)C1=O. The van der Waals surface area contributed by atoms with Crippen LogP contribution in [0.2, 0.25) is 36.3 Å². The van der Waals surface area contributed by atoms with E-state index in [4.69, 9.17) is 4.74 Å². The Bertz CT molecular complexity index is 734. The summed E-state index contributed by atoms with van der Waals surface area (Å²) < 4.78 is 24.1. The van der Waals surface area contributed by atoms with E-state index in [0.717, 1.165) is 0 Å². The average Bonchev–Trinajstić information content (AvgIpc) is 2.96. The lowest BCUT2D eigenvalue weighted by Gasteiger charge is -2.57. The highest BCUT2D eigenvalue weighted by atomic mass is 28.3. The van der Waals surface area contributed by atoms with Crippen molar-refractivity contribution in [2.75, 3.05) is 13.2 Å². The zero-order valence-electron chi connectivity index (χ0n) is 20.7. The number of amides is 3. The monoisotopic (exact) mass is 476 g/mol. The largest absolute Gasteiger partial charge is 0.394 e. The number of aliphatic hydroxyl groups is 2. The second-order valence-electron chi connectivity index (χ2n) is 12.2. The van der Waals surface area contributed by atoms with E-state index >= 15 is 4.39 Å². The first-order valence-corrected chi connectivity index (χ1v) is 17.0. The second-order valence-corrected chi connectivity index (χ2v) is 22.8. The molecule has 0 aliphatic carbocycles. The third-order valence-corrected chi connectivity index (χ3v) is 19.6. The van der Waals surface area contributed by atoms with Crippen molar-refractivity contribution in [3.05, 3.63) is 0 Å². The molecule has 180 valence electrons. The molecule has 0 spiro atoms. The van der Waals surface area contributed by atoms with E-state index in [1.165, 1.54) is 9.47 Å². The van der Waals surface area contributed by atoms with Gasteiger partial charge >= 0.3 is 6.03 Å². The number of alkyl halides is 1. The fourth-order valence-corrected chi connectivity index (χ4v) is 8.42. The van der Waals surface area contributed by atoms with Crippen LogP contribution in [0.5, 0.6) is 0 Å². The van der Waals surface area contributed by atoms with Crippen LogP contribution in [0.25, 0.3) is 0 Å². The van der Waals surface area contributed by atoms with E-state index in [1.54, 1.807) is 0 Å². The molecule has 0 bridgehead atoms. The first kappa shape index (κ1) is 26.4. The zero-order valence-corrected chi connectivity index (χ0v) is 22.7. The van der Waals surface area contributed by atoms with Crippen LogP contribution in [0.4, 0.5) is 9.18 Å². The molecule has 3 amide bonds. The van der Waals surface area contributed by atoms with E-state index < -0.39 is 63.6 Å². The third-order valence-electron chi connectivity index (χ3n) is 8.36. The van der Waals surface area contributed by atoms with Gasteiger partial charge in [-0.05, 0) is 10.1 Å². The number of halogens is 1. The van der Waals surface area contributed by atoms with Crippen molar-refractivity contribution in [2.45, 2.75) is 108 Å². The smallest absolute Gasteiger partial charge is 0.320 e. The molecule has 2 rings (SSSR count). The average molecular weight is 477 g/mol. The van der Waals surface area contributed by atoms with Gasteiger partial charge in [0.15, 0.2) is 13.5 Å². The Hall–Kier alpha value is -0.816. The van der Waals surface area contributed by atoms with Gasteiger partial charge in [-0.1, -0.05) is 67.7 Å². The van der Waals surface area contributed by atoms with Gasteiger partial charge in [-0.25, -0.2) is 9.18 Å². The van der Waals surface area contributed by atoms with Crippen LogP contribution in [0.15, 0.2) is 0 Å². The third kappa shape index (κ3) is 4.03. The topological polar surface area (TPSA) is 90.3 Å². The van der Waals surface area contributed by atoms with E-state index in [1.807, 2.05) is 67.7 Å². The summed E-state index contributed by atoms with van der Waals surface area (Å²) in [6.45, 7) is 18.5. The van der Waals surface area contributed by atoms with Crippen molar-refractivity contribution < 1.29 is 28.9 Å². The molecule has 1 unspecified atom stereocenters. The Morgan fingerprint density at radius 1 is 1.10 bits per heavy atom. The van der Waals surface area contributed by atoms with Crippen LogP contribution in [-0.4, -0.2) is 84.8 Å². The Morgan fingerprint density at radius 2 is 1.61 bits per heavy atom. The summed E-state index contributed by atoms with van der Waals surface area (Å²) in [6, 6.07) is -0.556. The Balaban J connectivity index is 2.65. The molecule has 0 aromatic carbocycles. The fourth-order valence-electron chi connectivity index (χ4n) is 3.95. The first-order valence-electron chi connectivity index (χ1n) is 11.0. The van der Waals surface area contributed by atoms with Gasteiger partial charge < -0.3 is 14.9 Å². The molecule has 0 radical (unpaired) electrons. The maximum atomic E-state index is 17.1. The number of carbonyl (C=O) groups is 2. The van der Waals surface area contributed by atoms with Crippen LogP contribution < -0.4 is 0 Å². The molecule has 31 heavy (non-hydrogen) atoms. The minimum atomic E-state index is -2.93. The highest BCUT2D eigenvalue weighted by Gasteiger charge is 2.67. The molecule has 2 heterocycles. The van der Waals surface area contributed by atoms with Crippen molar-refractivity contribution in [3.8, 4) is 0 Å². The maximum Gasteiger partial charge on any atom is 0.320 e. The lowest BCUT2D eigenvalue weighted by Crippen LogP contribution is -2.79. The van der Waals surface area contributed by atoms with Gasteiger partial charge in [-0.3, -0.25) is 14.3 Å². The number of urea groups is 1. The van der Waals surface area contributed by atoms with E-state index in [2.05, 4.69) is 0 Å². The highest BCUT2D eigenvalue weighted by molar-refractivity contribution is 6.88. The van der Waals surface area contributed by atoms with Crippen molar-refractivity contribution in [2.24, 2.45) is 0 Å². The molecule has 2 fully saturated rings. The summed E-state index contributed by atoms with van der Waals surface area (Å²) in [4.78, 5) is 28.8. The summed E-state index contributed by atoms with van der Waals surface area (Å²) in [7, 11) is -5.72. The standard InChI is InChI=1S/C21H41FN2O5Si2/c1-19(2,3)30(7,8)21(22)13-23(16-11-14(26)15(12-25)29-16)18(28)24(17(21)27)31(9,10)20(4,5)6/h14-16,25-26H,11-13H2,1-10H3/t14-,15+,16+,21?/m0/s1. The lowest BCUT2D eigenvalue weighted by molar-refractivity contribution is -0.142. The molecule has 7 nitrogen and oxygen atoms in total. The van der Waals surface area contributed by atoms with E-state index in [9.17, 15) is 19.8 Å². The van der Waals surface area contributed by atoms with Crippen LogP contribution >= 0.6 is 0 Å². The zero-order chi connectivity index (χ0) is 24.4. The van der Waals surface area contributed by atoms with Crippen molar-refractivity contribution in [3.63, 3.8) is 0 Å². The maximum absolute atomic E-state index is 17.1. The molecule has 2 aliphatic rings. The van der Waals surface area contributed by atoms with Crippen molar-refractivity contribution in [1.29, 1.82) is 0 Å². The summed E-state index contributed by atoms with van der Waals surface area (Å²) >= 11 is 0. The van der Waals surface area contributed by atoms with Gasteiger partial charge in [-0.2, -0.15) is 0 Å². The molecule has 10 heteroatoms. The molecule has 2 N–H and O–H groups in total. The fraction of sp³-hybridized carbons (Fsp3) is 0.905. The highest BCUT2D eigenvalue weighted by Crippen LogP contribution is 2.50. The van der Waals surface area contributed by atoms with Crippen LogP contribution in [-0.2, 0) is 9.53 Å². The predicted octanol–water partition coefficient (Wildman–Crippen LogP) is 3.48. The molecule has 2 aliphatic heterocycles. The first-order chi connectivity index (χ1) is 13.7. The number of hydrogen-bond donors (Lipinski definition) is 2. The summed E-state index contributed by atoms with van der Waals surface area (Å²) in [5.41, 5.74) is 0. The number of rotatable bonds is 4. The second kappa shape index (κ2) is 7.90. The molecular formula is C21H41FN2O5Si2. The van der Waals surface area contributed by atoms with Gasteiger partial charge in [0.05, 0.1) is 19.3 Å². The van der Waals surface area contributed by atoms with Crippen molar-refractivity contribution >= 4 is 28.2 Å². The quantitative estimate of drug-likeness (QED) is 0.606. The van der Waals surface area contributed by atoms with Gasteiger partial charge in [0.2, 0.25) is 0 Å². The normalized spacial score (nSPS) is 31.6. The van der Waals surface area contributed by atoms with Gasteiger partial charge in [0.25, 0.3) is 5.91 Å². The Labute approximate surface area is 188 Å². The minimum absolute atomic E-state index is 0.0735. The Morgan fingerprint density at radius 3 is 2.00 bits per heavy atom. The number of imide groups is 1. The van der Waals surface area contributed by atoms with Gasteiger partial charge in [-0.15, -0.1) is 0 Å². The van der Waals surface area contributed by atoms with E-state index in [-0.39, 0.29) is 18.0 Å². The van der Waals surface area contributed by atoms with Crippen molar-refractivity contribution in [1.82, 2.24) is 9.47 Å².